The summed E-state index contributed by atoms with van der Waals surface area (Å²) in [6.45, 7) is 1.06. The molecule has 166 valence electrons. The third kappa shape index (κ3) is 5.28. The van der Waals surface area contributed by atoms with E-state index in [1.54, 1.807) is 4.90 Å². The molecule has 1 aliphatic heterocycles. The molecule has 0 aliphatic carbocycles. The van der Waals surface area contributed by atoms with Gasteiger partial charge in [-0.2, -0.15) is 0 Å². The van der Waals surface area contributed by atoms with Crippen LogP contribution in [0.15, 0.2) is 72.8 Å². The van der Waals surface area contributed by atoms with Gasteiger partial charge >= 0.3 is 5.97 Å². The number of aliphatic carboxylic acids is 1. The molecule has 6 nitrogen and oxygen atoms in total. The van der Waals surface area contributed by atoms with Crippen molar-refractivity contribution in [2.75, 3.05) is 11.4 Å². The molecule has 0 aromatic heterocycles. The highest BCUT2D eigenvalue weighted by atomic mass is 35.5. The lowest BCUT2D eigenvalue weighted by molar-refractivity contribution is -0.140. The van der Waals surface area contributed by atoms with Crippen molar-refractivity contribution in [2.45, 2.75) is 25.5 Å². The molecule has 0 saturated carbocycles. The van der Waals surface area contributed by atoms with Gasteiger partial charge < -0.3 is 20.5 Å². The number of fused-ring (bicyclic) bond motifs is 1. The first-order valence-electron chi connectivity index (χ1n) is 10.2. The van der Waals surface area contributed by atoms with E-state index in [1.165, 1.54) is 0 Å². The summed E-state index contributed by atoms with van der Waals surface area (Å²) in [5, 5.41) is 8.94. The van der Waals surface area contributed by atoms with Crippen molar-refractivity contribution in [1.29, 1.82) is 0 Å². The first kappa shape index (κ1) is 23.3. The number of hydrogen-bond donors (Lipinski definition) is 2. The molecule has 1 heterocycles. The summed E-state index contributed by atoms with van der Waals surface area (Å²) in [6.07, 6.45) is 0.524. The maximum atomic E-state index is 12.4. The first-order valence-corrected chi connectivity index (χ1v) is 10.2. The lowest BCUT2D eigenvalue weighted by Crippen LogP contribution is -2.38. The molecule has 7 heteroatoms. The van der Waals surface area contributed by atoms with Crippen LogP contribution in [0.4, 0.5) is 5.69 Å². The summed E-state index contributed by atoms with van der Waals surface area (Å²) < 4.78 is 5.85. The highest BCUT2D eigenvalue weighted by Crippen LogP contribution is 2.33. The average molecular weight is 453 g/mol. The summed E-state index contributed by atoms with van der Waals surface area (Å²) in [5.74, 6) is -0.624. The van der Waals surface area contributed by atoms with Crippen LogP contribution in [0.25, 0.3) is 11.1 Å². The largest absolute Gasteiger partial charge is 0.489 e. The van der Waals surface area contributed by atoms with E-state index in [1.807, 2.05) is 66.7 Å². The van der Waals surface area contributed by atoms with Crippen molar-refractivity contribution in [2.24, 2.45) is 5.73 Å². The predicted molar refractivity (Wildman–Crippen MR) is 126 cm³/mol. The second-order valence-corrected chi connectivity index (χ2v) is 7.59. The highest BCUT2D eigenvalue weighted by molar-refractivity contribution is 5.98. The zero-order valence-corrected chi connectivity index (χ0v) is 18.3. The molecule has 1 aliphatic rings. The molecule has 4 rings (SSSR count). The second kappa shape index (κ2) is 10.3. The number of hydrogen-bond acceptors (Lipinski definition) is 4. The number of rotatable bonds is 7. The number of anilines is 1. The number of carboxylic acids is 1. The predicted octanol–water partition coefficient (Wildman–Crippen LogP) is 4.05. The van der Waals surface area contributed by atoms with Crippen LogP contribution >= 0.6 is 12.4 Å². The van der Waals surface area contributed by atoms with Gasteiger partial charge in [0.1, 0.15) is 18.4 Å². The van der Waals surface area contributed by atoms with E-state index in [4.69, 9.17) is 15.6 Å². The number of benzene rings is 3. The van der Waals surface area contributed by atoms with Crippen molar-refractivity contribution in [3.05, 3.63) is 83.9 Å². The molecule has 3 N–H and O–H groups in total. The fourth-order valence-corrected chi connectivity index (χ4v) is 3.71. The van der Waals surface area contributed by atoms with Crippen molar-refractivity contribution in [3.63, 3.8) is 0 Å². The Morgan fingerprint density at radius 2 is 1.69 bits per heavy atom. The number of carboxylic acid groups (broad SMARTS) is 1. The molecular formula is C25H25ClN2O4. The van der Waals surface area contributed by atoms with E-state index in [-0.39, 0.29) is 24.7 Å². The van der Waals surface area contributed by atoms with Gasteiger partial charge in [-0.05, 0) is 52.9 Å². The van der Waals surface area contributed by atoms with E-state index in [0.29, 0.717) is 13.2 Å². The highest BCUT2D eigenvalue weighted by Gasteiger charge is 2.27. The topological polar surface area (TPSA) is 92.9 Å². The van der Waals surface area contributed by atoms with Gasteiger partial charge in [-0.25, -0.2) is 0 Å². The molecular weight excluding hydrogens is 428 g/mol. The molecule has 0 fully saturated rings. The lowest BCUT2D eigenvalue weighted by atomic mass is 10.0. The fourth-order valence-electron chi connectivity index (χ4n) is 3.71. The first-order chi connectivity index (χ1) is 15.0. The number of ether oxygens (including phenoxy) is 1. The Labute approximate surface area is 193 Å². The zero-order chi connectivity index (χ0) is 21.8. The minimum absolute atomic E-state index is 0. The van der Waals surface area contributed by atoms with Gasteiger partial charge in [0.15, 0.2) is 0 Å². The van der Waals surface area contributed by atoms with Gasteiger partial charge in [-0.15, -0.1) is 12.4 Å². The van der Waals surface area contributed by atoms with E-state index in [9.17, 15) is 9.59 Å². The van der Waals surface area contributed by atoms with Crippen molar-refractivity contribution >= 4 is 30.0 Å². The smallest absolute Gasteiger partial charge is 0.321 e. The molecule has 0 radical (unpaired) electrons. The van der Waals surface area contributed by atoms with Gasteiger partial charge in [0.25, 0.3) is 0 Å². The lowest BCUT2D eigenvalue weighted by Gasteiger charge is -2.19. The average Bonchev–Trinajstić information content (AvgIpc) is 3.22. The summed E-state index contributed by atoms with van der Waals surface area (Å²) in [5.41, 5.74) is 10.7. The van der Waals surface area contributed by atoms with Crippen LogP contribution in [0.1, 0.15) is 17.5 Å². The van der Waals surface area contributed by atoms with Crippen LogP contribution in [0.2, 0.25) is 0 Å². The van der Waals surface area contributed by atoms with Crippen LogP contribution in [-0.2, 0) is 22.6 Å². The third-order valence-corrected chi connectivity index (χ3v) is 5.42. The maximum absolute atomic E-state index is 12.4. The van der Waals surface area contributed by atoms with Gasteiger partial charge in [-0.1, -0.05) is 48.5 Å². The van der Waals surface area contributed by atoms with E-state index >= 15 is 0 Å². The van der Waals surface area contributed by atoms with Crippen LogP contribution in [0.5, 0.6) is 5.75 Å². The Kier molecular flexibility index (Phi) is 7.51. The number of carbonyl (C=O) groups excluding carboxylic acids is 1. The summed E-state index contributed by atoms with van der Waals surface area (Å²) in [4.78, 5) is 25.0. The van der Waals surface area contributed by atoms with Crippen LogP contribution < -0.4 is 15.4 Å². The van der Waals surface area contributed by atoms with Gasteiger partial charge in [0, 0.05) is 12.2 Å². The Balaban J connectivity index is 0.00000289. The molecule has 0 saturated heterocycles. The molecule has 1 atom stereocenters. The fraction of sp³-hybridized carbons (Fsp3) is 0.200. The molecule has 0 bridgehead atoms. The van der Waals surface area contributed by atoms with Gasteiger partial charge in [0.05, 0.1) is 6.42 Å². The summed E-state index contributed by atoms with van der Waals surface area (Å²) >= 11 is 0. The van der Waals surface area contributed by atoms with Crippen LogP contribution in [0.3, 0.4) is 0 Å². The monoisotopic (exact) mass is 452 g/mol. The minimum atomic E-state index is -1.18. The molecule has 32 heavy (non-hydrogen) atoms. The summed E-state index contributed by atoms with van der Waals surface area (Å²) in [6, 6.07) is 22.8. The number of amides is 1. The Hall–Kier alpha value is -3.35. The summed E-state index contributed by atoms with van der Waals surface area (Å²) in [7, 11) is 0. The van der Waals surface area contributed by atoms with Crippen LogP contribution in [-0.4, -0.2) is 29.6 Å². The van der Waals surface area contributed by atoms with Crippen molar-refractivity contribution < 1.29 is 19.4 Å². The third-order valence-electron chi connectivity index (χ3n) is 5.42. The standard InChI is InChI=1S/C25H24N2O4.ClH/c26-22(25(29)30)15-24(28)27-13-12-20-14-19(8-11-23(20)27)18-6-9-21(10-7-18)31-16-17-4-2-1-3-5-17;/h1-11,14,22H,12-13,15-16,26H2,(H,29,30);1H/t22-;/m1./s1. The van der Waals surface area contributed by atoms with Gasteiger partial charge in [-0.3, -0.25) is 9.59 Å². The van der Waals surface area contributed by atoms with E-state index < -0.39 is 12.0 Å². The number of halogens is 1. The Bertz CT molecular complexity index is 1090. The van der Waals surface area contributed by atoms with E-state index in [2.05, 4.69) is 6.07 Å². The zero-order valence-electron chi connectivity index (χ0n) is 17.4. The van der Waals surface area contributed by atoms with Crippen molar-refractivity contribution in [3.8, 4) is 16.9 Å². The van der Waals surface area contributed by atoms with Crippen LogP contribution in [0, 0.1) is 0 Å². The Morgan fingerprint density at radius 1 is 1.00 bits per heavy atom. The minimum Gasteiger partial charge on any atom is -0.489 e. The molecule has 3 aromatic carbocycles. The normalized spacial score (nSPS) is 13.1. The number of nitrogens with two attached hydrogens (primary N) is 1. The Morgan fingerprint density at radius 3 is 2.38 bits per heavy atom. The van der Waals surface area contributed by atoms with Gasteiger partial charge in [0.2, 0.25) is 5.91 Å². The SMILES string of the molecule is Cl.N[C@H](CC(=O)N1CCc2cc(-c3ccc(OCc4ccccc4)cc3)ccc21)C(=O)O. The number of carbonyl (C=O) groups is 2. The van der Waals surface area contributed by atoms with E-state index in [0.717, 1.165) is 40.1 Å². The molecule has 0 spiro atoms. The second-order valence-electron chi connectivity index (χ2n) is 7.59. The van der Waals surface area contributed by atoms with Crippen molar-refractivity contribution in [1.82, 2.24) is 0 Å². The molecule has 1 amide bonds. The maximum Gasteiger partial charge on any atom is 0.321 e. The number of nitrogens with zero attached hydrogens (tertiary/aromatic N) is 1. The molecule has 0 unspecified atom stereocenters. The quantitative estimate of drug-likeness (QED) is 0.564. The molecule has 3 aromatic rings.